The largest absolute Gasteiger partial charge is 0.497 e. The second kappa shape index (κ2) is 11.8. The average molecular weight is 436 g/mol. The first-order chi connectivity index (χ1) is 15.5. The highest BCUT2D eigenvalue weighted by molar-refractivity contribution is 5.92. The van der Waals surface area contributed by atoms with Gasteiger partial charge in [-0.05, 0) is 74.0 Å². The van der Waals surface area contributed by atoms with Crippen molar-refractivity contribution in [1.82, 2.24) is 14.8 Å². The summed E-state index contributed by atoms with van der Waals surface area (Å²) in [6.07, 6.45) is 9.23. The van der Waals surface area contributed by atoms with E-state index in [4.69, 9.17) is 4.74 Å². The van der Waals surface area contributed by atoms with Crippen molar-refractivity contribution in [3.63, 3.8) is 0 Å². The Balaban J connectivity index is 1.74. The Kier molecular flexibility index (Phi) is 8.86. The summed E-state index contributed by atoms with van der Waals surface area (Å²) in [5, 5.41) is 0. The number of hydrogen-bond acceptors (Lipinski definition) is 4. The van der Waals surface area contributed by atoms with Gasteiger partial charge in [0.25, 0.3) is 5.91 Å². The molecular formula is C27H37N3O2. The average Bonchev–Trinajstić information content (AvgIpc) is 2.82. The first-order valence-electron chi connectivity index (χ1n) is 11.7. The molecular weight excluding hydrogens is 398 g/mol. The SMILES string of the molecule is COc1cccc(C[C@H](C2CCN(C/C=C/C(C)C)CC2)N(C)C(=O)c2ccccn2)c1. The molecule has 2 heterocycles. The predicted molar refractivity (Wildman–Crippen MR) is 130 cm³/mol. The Labute approximate surface area is 193 Å². The molecule has 0 N–H and O–H groups in total. The van der Waals surface area contributed by atoms with Crippen LogP contribution in [0.4, 0.5) is 0 Å². The fraction of sp³-hybridized carbons (Fsp3) is 0.481. The number of hydrogen-bond donors (Lipinski definition) is 0. The standard InChI is InChI=1S/C27H37N3O2/c1-21(2)9-8-16-30-17-13-23(14-18-30)26(20-22-10-7-11-24(19-22)32-4)29(3)27(31)25-12-5-6-15-28-25/h5-12,15,19,21,23,26H,13-14,16-18,20H2,1-4H3/b9-8+/t26-/m1/s1. The maximum absolute atomic E-state index is 13.2. The van der Waals surface area contributed by atoms with Crippen LogP contribution < -0.4 is 4.74 Å². The van der Waals surface area contributed by atoms with Crippen molar-refractivity contribution in [3.8, 4) is 5.75 Å². The highest BCUT2D eigenvalue weighted by Crippen LogP contribution is 2.28. The van der Waals surface area contributed by atoms with E-state index in [0.717, 1.165) is 44.6 Å². The van der Waals surface area contributed by atoms with Crippen LogP contribution in [0, 0.1) is 11.8 Å². The normalized spacial score (nSPS) is 16.4. The van der Waals surface area contributed by atoms with Crippen molar-refractivity contribution in [1.29, 1.82) is 0 Å². The van der Waals surface area contributed by atoms with Crippen molar-refractivity contribution in [2.24, 2.45) is 11.8 Å². The van der Waals surface area contributed by atoms with E-state index in [-0.39, 0.29) is 11.9 Å². The zero-order valence-corrected chi connectivity index (χ0v) is 19.9. The molecule has 1 aromatic carbocycles. The molecule has 1 aliphatic rings. The van der Waals surface area contributed by atoms with E-state index >= 15 is 0 Å². The maximum atomic E-state index is 13.2. The summed E-state index contributed by atoms with van der Waals surface area (Å²) in [4.78, 5) is 22.0. The Bertz CT molecular complexity index is 873. The van der Waals surface area contributed by atoms with Crippen LogP contribution in [-0.4, -0.2) is 60.5 Å². The summed E-state index contributed by atoms with van der Waals surface area (Å²) in [7, 11) is 3.62. The van der Waals surface area contributed by atoms with Gasteiger partial charge in [0.05, 0.1) is 7.11 Å². The van der Waals surface area contributed by atoms with Gasteiger partial charge in [-0.3, -0.25) is 14.7 Å². The second-order valence-corrected chi connectivity index (χ2v) is 9.06. The third-order valence-electron chi connectivity index (χ3n) is 6.34. The minimum atomic E-state index is -0.0132. The lowest BCUT2D eigenvalue weighted by atomic mass is 9.84. The lowest BCUT2D eigenvalue weighted by molar-refractivity contribution is 0.0593. The Morgan fingerprint density at radius 2 is 2.00 bits per heavy atom. The molecule has 172 valence electrons. The second-order valence-electron chi connectivity index (χ2n) is 9.06. The molecule has 1 aliphatic heterocycles. The number of allylic oxidation sites excluding steroid dienone is 1. The van der Waals surface area contributed by atoms with Crippen molar-refractivity contribution < 1.29 is 9.53 Å². The van der Waals surface area contributed by atoms with E-state index in [1.165, 1.54) is 5.56 Å². The van der Waals surface area contributed by atoms with Gasteiger partial charge in [-0.25, -0.2) is 0 Å². The van der Waals surface area contributed by atoms with Gasteiger partial charge >= 0.3 is 0 Å². The Hall–Kier alpha value is -2.66. The summed E-state index contributed by atoms with van der Waals surface area (Å²) >= 11 is 0. The summed E-state index contributed by atoms with van der Waals surface area (Å²) < 4.78 is 5.42. The molecule has 0 unspecified atom stereocenters. The van der Waals surface area contributed by atoms with Gasteiger partial charge in [0.2, 0.25) is 0 Å². The topological polar surface area (TPSA) is 45.7 Å². The van der Waals surface area contributed by atoms with Gasteiger partial charge in [0.1, 0.15) is 11.4 Å². The van der Waals surface area contributed by atoms with Crippen LogP contribution in [0.5, 0.6) is 5.75 Å². The highest BCUT2D eigenvalue weighted by atomic mass is 16.5. The van der Waals surface area contributed by atoms with E-state index in [1.807, 2.05) is 36.2 Å². The number of methoxy groups -OCH3 is 1. The number of amides is 1. The van der Waals surface area contributed by atoms with Crippen LogP contribution in [-0.2, 0) is 6.42 Å². The van der Waals surface area contributed by atoms with Crippen LogP contribution in [0.2, 0.25) is 0 Å². The summed E-state index contributed by atoms with van der Waals surface area (Å²) in [6.45, 7) is 7.55. The summed E-state index contributed by atoms with van der Waals surface area (Å²) in [6, 6.07) is 13.8. The Morgan fingerprint density at radius 3 is 2.66 bits per heavy atom. The predicted octanol–water partition coefficient (Wildman–Crippen LogP) is 4.70. The van der Waals surface area contributed by atoms with Crippen LogP contribution in [0.15, 0.2) is 60.8 Å². The van der Waals surface area contributed by atoms with Crippen molar-refractivity contribution >= 4 is 5.91 Å². The molecule has 32 heavy (non-hydrogen) atoms. The minimum absolute atomic E-state index is 0.0132. The maximum Gasteiger partial charge on any atom is 0.272 e. The number of piperidine rings is 1. The molecule has 0 spiro atoms. The zero-order valence-electron chi connectivity index (χ0n) is 19.9. The lowest BCUT2D eigenvalue weighted by Crippen LogP contribution is -2.47. The van der Waals surface area contributed by atoms with E-state index in [2.05, 4.69) is 48.0 Å². The van der Waals surface area contributed by atoms with Crippen molar-refractivity contribution in [2.75, 3.05) is 33.8 Å². The zero-order chi connectivity index (χ0) is 22.9. The number of rotatable bonds is 9. The van der Waals surface area contributed by atoms with Crippen LogP contribution in [0.1, 0.15) is 42.7 Å². The smallest absolute Gasteiger partial charge is 0.272 e. The van der Waals surface area contributed by atoms with Gasteiger partial charge in [-0.1, -0.05) is 44.2 Å². The molecule has 5 heteroatoms. The van der Waals surface area contributed by atoms with Crippen LogP contribution in [0.25, 0.3) is 0 Å². The molecule has 1 atom stereocenters. The molecule has 2 aromatic rings. The molecule has 0 radical (unpaired) electrons. The monoisotopic (exact) mass is 435 g/mol. The van der Waals surface area contributed by atoms with Gasteiger partial charge in [0, 0.05) is 25.8 Å². The fourth-order valence-electron chi connectivity index (χ4n) is 4.48. The van der Waals surface area contributed by atoms with Gasteiger partial charge in [-0.15, -0.1) is 0 Å². The number of nitrogens with zero attached hydrogens (tertiary/aromatic N) is 3. The molecule has 1 amide bonds. The summed E-state index contributed by atoms with van der Waals surface area (Å²) in [5.74, 6) is 1.88. The van der Waals surface area contributed by atoms with Gasteiger partial charge in [-0.2, -0.15) is 0 Å². The first kappa shape index (κ1) is 24.0. The fourth-order valence-corrected chi connectivity index (χ4v) is 4.48. The lowest BCUT2D eigenvalue weighted by Gasteiger charge is -2.40. The molecule has 0 bridgehead atoms. The van der Waals surface area contributed by atoms with Gasteiger partial charge in [0.15, 0.2) is 0 Å². The van der Waals surface area contributed by atoms with E-state index < -0.39 is 0 Å². The molecule has 3 rings (SSSR count). The molecule has 0 saturated carbocycles. The van der Waals surface area contributed by atoms with E-state index in [0.29, 0.717) is 17.5 Å². The molecule has 5 nitrogen and oxygen atoms in total. The number of likely N-dealkylation sites (tertiary alicyclic amines) is 1. The first-order valence-corrected chi connectivity index (χ1v) is 11.7. The molecule has 0 aliphatic carbocycles. The number of likely N-dealkylation sites (N-methyl/N-ethyl adjacent to an activating group) is 1. The van der Waals surface area contributed by atoms with E-state index in [9.17, 15) is 4.79 Å². The number of benzene rings is 1. The minimum Gasteiger partial charge on any atom is -0.497 e. The molecule has 1 aromatic heterocycles. The van der Waals surface area contributed by atoms with Crippen molar-refractivity contribution in [2.45, 2.75) is 39.2 Å². The van der Waals surface area contributed by atoms with Crippen LogP contribution >= 0.6 is 0 Å². The molecule has 1 fully saturated rings. The third-order valence-corrected chi connectivity index (χ3v) is 6.34. The van der Waals surface area contributed by atoms with E-state index in [1.54, 1.807) is 19.4 Å². The van der Waals surface area contributed by atoms with Crippen LogP contribution in [0.3, 0.4) is 0 Å². The Morgan fingerprint density at radius 1 is 1.22 bits per heavy atom. The number of ether oxygens (including phenoxy) is 1. The third kappa shape index (κ3) is 6.67. The number of pyridine rings is 1. The number of carbonyl (C=O) groups is 1. The molecule has 1 saturated heterocycles. The number of carbonyl (C=O) groups excluding carboxylic acids is 1. The summed E-state index contributed by atoms with van der Waals surface area (Å²) in [5.41, 5.74) is 1.69. The number of aromatic nitrogens is 1. The van der Waals surface area contributed by atoms with Crippen molar-refractivity contribution in [3.05, 3.63) is 72.1 Å². The highest BCUT2D eigenvalue weighted by Gasteiger charge is 2.32. The van der Waals surface area contributed by atoms with Gasteiger partial charge < -0.3 is 9.64 Å². The quantitative estimate of drug-likeness (QED) is 0.536.